The van der Waals surface area contributed by atoms with E-state index in [9.17, 15) is 5.11 Å². The molecule has 0 bridgehead atoms. The Morgan fingerprint density at radius 3 is 2.59 bits per heavy atom. The van der Waals surface area contributed by atoms with Crippen LogP contribution in [0.4, 0.5) is 17.1 Å². The molecule has 1 heterocycles. The molecule has 0 aliphatic carbocycles. The van der Waals surface area contributed by atoms with E-state index in [4.69, 9.17) is 11.6 Å². The molecular weight excluding hydrogens is 298 g/mol. The Labute approximate surface area is 135 Å². The summed E-state index contributed by atoms with van der Waals surface area (Å²) in [5.41, 5.74) is 11.7. The third-order valence-electron chi connectivity index (χ3n) is 3.66. The number of aryl methyl sites for hydroxylation is 1. The summed E-state index contributed by atoms with van der Waals surface area (Å²) in [6.07, 6.45) is 0. The average molecular weight is 317 g/mol. The van der Waals surface area contributed by atoms with Crippen LogP contribution in [0, 0.1) is 6.92 Å². The van der Waals surface area contributed by atoms with Crippen LogP contribution in [0.25, 0.3) is 0 Å². The summed E-state index contributed by atoms with van der Waals surface area (Å²) in [6, 6.07) is 9.39. The largest absolute Gasteiger partial charge is 0.505 e. The number of fused-ring (bicyclic) bond motifs is 1. The molecule has 2 aromatic carbocycles. The van der Waals surface area contributed by atoms with E-state index in [1.54, 1.807) is 11.2 Å². The first kappa shape index (κ1) is 14.9. The van der Waals surface area contributed by atoms with Gasteiger partial charge in [-0.15, -0.1) is 0 Å². The van der Waals surface area contributed by atoms with Crippen LogP contribution in [0.15, 0.2) is 30.3 Å². The van der Waals surface area contributed by atoms with Gasteiger partial charge in [-0.05, 0) is 42.2 Å². The third kappa shape index (κ3) is 2.55. The van der Waals surface area contributed by atoms with Gasteiger partial charge in [0.1, 0.15) is 17.1 Å². The van der Waals surface area contributed by atoms with Crippen molar-refractivity contribution in [3.8, 4) is 5.75 Å². The smallest absolute Gasteiger partial charge is 0.146 e. The van der Waals surface area contributed by atoms with Crippen molar-refractivity contribution in [1.82, 2.24) is 5.43 Å². The molecule has 1 aliphatic heterocycles. The van der Waals surface area contributed by atoms with Gasteiger partial charge in [0.05, 0.1) is 5.69 Å². The second-order valence-electron chi connectivity index (χ2n) is 6.62. The molecule has 0 saturated carbocycles. The summed E-state index contributed by atoms with van der Waals surface area (Å²) in [4.78, 5) is 0. The topological polar surface area (TPSA) is 49.6 Å². The number of hydrogen-bond acceptors (Lipinski definition) is 3. The number of hydrazine groups is 1. The fraction of sp³-hybridized carbons (Fsp3) is 0.294. The van der Waals surface area contributed by atoms with Crippen molar-refractivity contribution in [3.63, 3.8) is 0 Å². The van der Waals surface area contributed by atoms with E-state index in [-0.39, 0.29) is 11.2 Å². The Bertz CT molecular complexity index is 737. The molecule has 2 aromatic rings. The van der Waals surface area contributed by atoms with E-state index >= 15 is 0 Å². The predicted molar refractivity (Wildman–Crippen MR) is 90.9 cm³/mol. The van der Waals surface area contributed by atoms with Crippen LogP contribution in [0.5, 0.6) is 5.75 Å². The van der Waals surface area contributed by atoms with Gasteiger partial charge >= 0.3 is 0 Å². The maximum Gasteiger partial charge on any atom is 0.146 e. The molecule has 0 fully saturated rings. The monoisotopic (exact) mass is 316 g/mol. The summed E-state index contributed by atoms with van der Waals surface area (Å²) in [5, 5.41) is 12.9. The number of benzene rings is 2. The fourth-order valence-electron chi connectivity index (χ4n) is 2.54. The van der Waals surface area contributed by atoms with E-state index in [0.717, 1.165) is 22.5 Å². The van der Waals surface area contributed by atoms with Crippen LogP contribution in [0.3, 0.4) is 0 Å². The van der Waals surface area contributed by atoms with Crippen molar-refractivity contribution in [2.45, 2.75) is 33.1 Å². The lowest BCUT2D eigenvalue weighted by atomic mass is 9.85. The number of phenolic OH excluding ortho intramolecular Hbond substituents is 1. The number of phenols is 1. The number of aromatic hydroxyl groups is 1. The molecule has 0 spiro atoms. The summed E-state index contributed by atoms with van der Waals surface area (Å²) in [6.45, 7) is 8.25. The first-order valence-electron chi connectivity index (χ1n) is 7.18. The van der Waals surface area contributed by atoms with Gasteiger partial charge in [0.25, 0.3) is 0 Å². The highest BCUT2D eigenvalue weighted by atomic mass is 35.5. The highest BCUT2D eigenvalue weighted by Gasteiger charge is 2.27. The third-order valence-corrected chi connectivity index (χ3v) is 3.90. The quantitative estimate of drug-likeness (QED) is 0.805. The maximum absolute atomic E-state index is 10.7. The second-order valence-corrected chi connectivity index (χ2v) is 7.05. The number of nitrogens with zero attached hydrogens (tertiary/aromatic N) is 2. The summed E-state index contributed by atoms with van der Waals surface area (Å²) >= 11 is 6.01. The molecule has 0 amide bonds. The minimum atomic E-state index is -0.152. The Morgan fingerprint density at radius 2 is 1.91 bits per heavy atom. The molecule has 1 aliphatic rings. The zero-order valence-corrected chi connectivity index (χ0v) is 13.9. The van der Waals surface area contributed by atoms with Gasteiger partial charge in [-0.1, -0.05) is 38.4 Å². The summed E-state index contributed by atoms with van der Waals surface area (Å²) in [5.74, 6) is 0.244. The van der Waals surface area contributed by atoms with Gasteiger partial charge in [-0.2, -0.15) is 10.5 Å². The van der Waals surface area contributed by atoms with Gasteiger partial charge in [0, 0.05) is 10.6 Å². The number of hydrogen-bond donors (Lipinski definition) is 2. The summed E-state index contributed by atoms with van der Waals surface area (Å²) < 4.78 is 0. The van der Waals surface area contributed by atoms with Crippen LogP contribution in [-0.4, -0.2) is 5.11 Å². The standard InChI is InChI=1S/C17H19ClN3O/c1-10-7-12(17(2,3)4)16(22)15(8-10)21-19-13-6-5-11(18)9-14(13)20-21/h5-9,20,22H,1-4H3. The van der Waals surface area contributed by atoms with Gasteiger partial charge in [-0.3, -0.25) is 5.43 Å². The van der Waals surface area contributed by atoms with Crippen molar-refractivity contribution >= 4 is 28.7 Å². The van der Waals surface area contributed by atoms with Crippen molar-refractivity contribution in [2.75, 3.05) is 10.5 Å². The highest BCUT2D eigenvalue weighted by molar-refractivity contribution is 6.31. The van der Waals surface area contributed by atoms with Crippen molar-refractivity contribution < 1.29 is 5.11 Å². The molecule has 0 aromatic heterocycles. The SMILES string of the molecule is Cc1cc(N2[N]c3ccc(Cl)cc3N2)c(O)c(C(C)(C)C)c1. The van der Waals surface area contributed by atoms with Crippen LogP contribution >= 0.6 is 11.6 Å². The zero-order chi connectivity index (χ0) is 16.1. The van der Waals surface area contributed by atoms with Crippen molar-refractivity contribution in [2.24, 2.45) is 0 Å². The van der Waals surface area contributed by atoms with E-state index in [1.807, 2.05) is 31.2 Å². The molecule has 1 radical (unpaired) electrons. The number of rotatable bonds is 1. The minimum absolute atomic E-state index is 0.152. The molecule has 22 heavy (non-hydrogen) atoms. The van der Waals surface area contributed by atoms with E-state index in [2.05, 4.69) is 31.6 Å². The molecule has 4 nitrogen and oxygen atoms in total. The number of anilines is 2. The zero-order valence-electron chi connectivity index (χ0n) is 13.1. The molecule has 5 heteroatoms. The van der Waals surface area contributed by atoms with Crippen LogP contribution in [-0.2, 0) is 5.41 Å². The number of nitrogens with one attached hydrogen (secondary N) is 1. The molecule has 115 valence electrons. The predicted octanol–water partition coefficient (Wildman–Crippen LogP) is 4.65. The first-order chi connectivity index (χ1) is 10.3. The molecule has 3 rings (SSSR count). The minimum Gasteiger partial charge on any atom is -0.505 e. The lowest BCUT2D eigenvalue weighted by Gasteiger charge is -2.25. The van der Waals surface area contributed by atoms with Crippen LogP contribution < -0.4 is 16.0 Å². The molecule has 2 N–H and O–H groups in total. The van der Waals surface area contributed by atoms with Crippen molar-refractivity contribution in [3.05, 3.63) is 46.5 Å². The van der Waals surface area contributed by atoms with Crippen LogP contribution in [0.2, 0.25) is 5.02 Å². The van der Waals surface area contributed by atoms with Gasteiger partial charge in [0.15, 0.2) is 0 Å². The Morgan fingerprint density at radius 1 is 1.18 bits per heavy atom. The molecule has 0 saturated heterocycles. The van der Waals surface area contributed by atoms with Crippen LogP contribution in [0.1, 0.15) is 31.9 Å². The summed E-state index contributed by atoms with van der Waals surface area (Å²) in [7, 11) is 0. The van der Waals surface area contributed by atoms with E-state index in [1.165, 1.54) is 0 Å². The fourth-order valence-corrected chi connectivity index (χ4v) is 2.71. The van der Waals surface area contributed by atoms with Gasteiger partial charge in [-0.25, -0.2) is 0 Å². The van der Waals surface area contributed by atoms with E-state index in [0.29, 0.717) is 10.7 Å². The van der Waals surface area contributed by atoms with Crippen molar-refractivity contribution in [1.29, 1.82) is 0 Å². The van der Waals surface area contributed by atoms with Gasteiger partial charge < -0.3 is 5.11 Å². The Kier molecular flexibility index (Phi) is 3.37. The highest BCUT2D eigenvalue weighted by Crippen LogP contribution is 2.42. The van der Waals surface area contributed by atoms with E-state index < -0.39 is 0 Å². The lowest BCUT2D eigenvalue weighted by molar-refractivity contribution is 0.445. The van der Waals surface area contributed by atoms with Gasteiger partial charge in [0.2, 0.25) is 0 Å². The Hall–Kier alpha value is -2.07. The molecular formula is C17H19ClN3O. The lowest BCUT2D eigenvalue weighted by Crippen LogP contribution is -2.29. The first-order valence-corrected chi connectivity index (χ1v) is 7.55. The molecule has 0 unspecified atom stereocenters. The second kappa shape index (κ2) is 4.99. The Balaban J connectivity index is 2.02. The molecule has 0 atom stereocenters. The maximum atomic E-state index is 10.7. The normalized spacial score (nSPS) is 13.6. The average Bonchev–Trinajstić information content (AvgIpc) is 2.82. The number of halogens is 1.